The standard InChI is InChI=1S/C11H12BrN3/c1-8-2-3-9(4-11(8)12)6-15-7-10(13)5-14-15/h2-5,7H,6,13H2,1H3. The maximum atomic E-state index is 5.59. The first-order valence-corrected chi connectivity index (χ1v) is 5.47. The molecule has 1 aromatic carbocycles. The number of anilines is 1. The Bertz CT molecular complexity index is 476. The number of nitrogen functional groups attached to an aromatic ring is 1. The molecular formula is C11H12BrN3. The molecule has 0 fully saturated rings. The number of rotatable bonds is 2. The average molecular weight is 266 g/mol. The van der Waals surface area contributed by atoms with Crippen LogP contribution in [0.1, 0.15) is 11.1 Å². The van der Waals surface area contributed by atoms with E-state index in [1.54, 1.807) is 6.20 Å². The first-order chi connectivity index (χ1) is 7.15. The summed E-state index contributed by atoms with van der Waals surface area (Å²) in [4.78, 5) is 0. The van der Waals surface area contributed by atoms with E-state index < -0.39 is 0 Å². The molecule has 2 rings (SSSR count). The van der Waals surface area contributed by atoms with Gasteiger partial charge in [0.05, 0.1) is 18.4 Å². The fourth-order valence-corrected chi connectivity index (χ4v) is 1.81. The van der Waals surface area contributed by atoms with E-state index in [2.05, 4.69) is 46.2 Å². The third-order valence-electron chi connectivity index (χ3n) is 2.23. The van der Waals surface area contributed by atoms with Crippen molar-refractivity contribution in [2.45, 2.75) is 13.5 Å². The lowest BCUT2D eigenvalue weighted by Gasteiger charge is -2.04. The van der Waals surface area contributed by atoms with Crippen molar-refractivity contribution < 1.29 is 0 Å². The summed E-state index contributed by atoms with van der Waals surface area (Å²) < 4.78 is 2.95. The van der Waals surface area contributed by atoms with Crippen molar-refractivity contribution in [3.8, 4) is 0 Å². The van der Waals surface area contributed by atoms with Crippen molar-refractivity contribution >= 4 is 21.6 Å². The summed E-state index contributed by atoms with van der Waals surface area (Å²) in [6, 6.07) is 6.29. The lowest BCUT2D eigenvalue weighted by Crippen LogP contribution is -2.00. The highest BCUT2D eigenvalue weighted by Crippen LogP contribution is 2.18. The molecule has 0 aliphatic heterocycles. The van der Waals surface area contributed by atoms with Gasteiger partial charge in [-0.05, 0) is 24.1 Å². The second kappa shape index (κ2) is 4.06. The van der Waals surface area contributed by atoms with Gasteiger partial charge in [0, 0.05) is 10.7 Å². The Labute approximate surface area is 97.0 Å². The van der Waals surface area contributed by atoms with E-state index >= 15 is 0 Å². The number of nitrogens with zero attached hydrogens (tertiary/aromatic N) is 2. The Hall–Kier alpha value is -1.29. The van der Waals surface area contributed by atoms with Crippen LogP contribution in [-0.2, 0) is 6.54 Å². The summed E-state index contributed by atoms with van der Waals surface area (Å²) in [5.41, 5.74) is 8.73. The number of benzene rings is 1. The fraction of sp³-hybridized carbons (Fsp3) is 0.182. The molecular weight excluding hydrogens is 254 g/mol. The zero-order chi connectivity index (χ0) is 10.8. The van der Waals surface area contributed by atoms with Crippen LogP contribution in [0.25, 0.3) is 0 Å². The lowest BCUT2D eigenvalue weighted by atomic mass is 10.1. The summed E-state index contributed by atoms with van der Waals surface area (Å²) in [7, 11) is 0. The molecule has 78 valence electrons. The summed E-state index contributed by atoms with van der Waals surface area (Å²) in [6.07, 6.45) is 3.48. The highest BCUT2D eigenvalue weighted by atomic mass is 79.9. The molecule has 2 aromatic rings. The SMILES string of the molecule is Cc1ccc(Cn2cc(N)cn2)cc1Br. The minimum absolute atomic E-state index is 0.696. The van der Waals surface area contributed by atoms with Gasteiger partial charge in [-0.1, -0.05) is 28.1 Å². The van der Waals surface area contributed by atoms with Crippen LogP contribution in [0.2, 0.25) is 0 Å². The van der Waals surface area contributed by atoms with E-state index in [-0.39, 0.29) is 0 Å². The van der Waals surface area contributed by atoms with Crippen LogP contribution in [0, 0.1) is 6.92 Å². The number of aromatic nitrogens is 2. The van der Waals surface area contributed by atoms with Crippen LogP contribution in [0.4, 0.5) is 5.69 Å². The summed E-state index contributed by atoms with van der Waals surface area (Å²) in [5, 5.41) is 4.14. The predicted molar refractivity (Wildman–Crippen MR) is 64.6 cm³/mol. The van der Waals surface area contributed by atoms with Gasteiger partial charge >= 0.3 is 0 Å². The van der Waals surface area contributed by atoms with E-state index in [0.29, 0.717) is 5.69 Å². The Morgan fingerprint density at radius 3 is 2.87 bits per heavy atom. The fourth-order valence-electron chi connectivity index (χ4n) is 1.39. The Morgan fingerprint density at radius 1 is 1.47 bits per heavy atom. The second-order valence-corrected chi connectivity index (χ2v) is 4.41. The van der Waals surface area contributed by atoms with E-state index in [9.17, 15) is 0 Å². The second-order valence-electron chi connectivity index (χ2n) is 3.55. The third kappa shape index (κ3) is 2.39. The molecule has 4 heteroatoms. The predicted octanol–water partition coefficient (Wildman–Crippen LogP) is 2.58. The smallest absolute Gasteiger partial charge is 0.0719 e. The van der Waals surface area contributed by atoms with Crippen LogP contribution >= 0.6 is 15.9 Å². The average Bonchev–Trinajstić information content (AvgIpc) is 2.58. The van der Waals surface area contributed by atoms with Gasteiger partial charge in [0.15, 0.2) is 0 Å². The molecule has 0 saturated heterocycles. The van der Waals surface area contributed by atoms with E-state index in [0.717, 1.165) is 11.0 Å². The van der Waals surface area contributed by atoms with Gasteiger partial charge in [-0.25, -0.2) is 0 Å². The Balaban J connectivity index is 2.21. The molecule has 0 radical (unpaired) electrons. The number of aryl methyl sites for hydroxylation is 1. The van der Waals surface area contributed by atoms with Crippen LogP contribution in [0.5, 0.6) is 0 Å². The Morgan fingerprint density at radius 2 is 2.27 bits per heavy atom. The van der Waals surface area contributed by atoms with Gasteiger partial charge in [0.1, 0.15) is 0 Å². The molecule has 0 bridgehead atoms. The van der Waals surface area contributed by atoms with Crippen molar-refractivity contribution in [1.29, 1.82) is 0 Å². The molecule has 0 saturated carbocycles. The molecule has 1 heterocycles. The normalized spacial score (nSPS) is 10.5. The minimum atomic E-state index is 0.696. The van der Waals surface area contributed by atoms with Crippen LogP contribution in [-0.4, -0.2) is 9.78 Å². The van der Waals surface area contributed by atoms with Gasteiger partial charge in [-0.15, -0.1) is 0 Å². The monoisotopic (exact) mass is 265 g/mol. The van der Waals surface area contributed by atoms with Gasteiger partial charge in [0.2, 0.25) is 0 Å². The molecule has 3 nitrogen and oxygen atoms in total. The molecule has 0 aliphatic carbocycles. The number of hydrogen-bond donors (Lipinski definition) is 1. The van der Waals surface area contributed by atoms with Crippen molar-refractivity contribution in [2.75, 3.05) is 5.73 Å². The summed E-state index contributed by atoms with van der Waals surface area (Å²) >= 11 is 3.51. The van der Waals surface area contributed by atoms with Gasteiger partial charge in [-0.3, -0.25) is 4.68 Å². The maximum Gasteiger partial charge on any atom is 0.0719 e. The maximum absolute atomic E-state index is 5.59. The van der Waals surface area contributed by atoms with Crippen molar-refractivity contribution in [3.05, 3.63) is 46.2 Å². The summed E-state index contributed by atoms with van der Waals surface area (Å²) in [6.45, 7) is 2.82. The molecule has 2 N–H and O–H groups in total. The van der Waals surface area contributed by atoms with Crippen LogP contribution in [0.15, 0.2) is 35.1 Å². The molecule has 0 spiro atoms. The first-order valence-electron chi connectivity index (χ1n) is 4.68. The highest BCUT2D eigenvalue weighted by molar-refractivity contribution is 9.10. The van der Waals surface area contributed by atoms with E-state index in [4.69, 9.17) is 5.73 Å². The minimum Gasteiger partial charge on any atom is -0.396 e. The number of nitrogens with two attached hydrogens (primary N) is 1. The van der Waals surface area contributed by atoms with Crippen molar-refractivity contribution in [3.63, 3.8) is 0 Å². The highest BCUT2D eigenvalue weighted by Gasteiger charge is 1.99. The van der Waals surface area contributed by atoms with Gasteiger partial charge < -0.3 is 5.73 Å². The zero-order valence-electron chi connectivity index (χ0n) is 8.44. The lowest BCUT2D eigenvalue weighted by molar-refractivity contribution is 0.686. The molecule has 0 amide bonds. The van der Waals surface area contributed by atoms with E-state index in [1.807, 2.05) is 10.9 Å². The van der Waals surface area contributed by atoms with Crippen LogP contribution < -0.4 is 5.73 Å². The molecule has 0 atom stereocenters. The van der Waals surface area contributed by atoms with Crippen LogP contribution in [0.3, 0.4) is 0 Å². The first kappa shape index (κ1) is 10.2. The van der Waals surface area contributed by atoms with E-state index in [1.165, 1.54) is 11.1 Å². The number of halogens is 1. The quantitative estimate of drug-likeness (QED) is 0.907. The summed E-state index contributed by atoms with van der Waals surface area (Å²) in [5.74, 6) is 0. The van der Waals surface area contributed by atoms with Crippen molar-refractivity contribution in [2.24, 2.45) is 0 Å². The molecule has 0 unspecified atom stereocenters. The van der Waals surface area contributed by atoms with Gasteiger partial charge in [-0.2, -0.15) is 5.10 Å². The topological polar surface area (TPSA) is 43.8 Å². The zero-order valence-corrected chi connectivity index (χ0v) is 10.0. The van der Waals surface area contributed by atoms with Crippen molar-refractivity contribution in [1.82, 2.24) is 9.78 Å². The third-order valence-corrected chi connectivity index (χ3v) is 3.09. The largest absolute Gasteiger partial charge is 0.396 e. The molecule has 15 heavy (non-hydrogen) atoms. The number of hydrogen-bond acceptors (Lipinski definition) is 2. The van der Waals surface area contributed by atoms with Gasteiger partial charge in [0.25, 0.3) is 0 Å². The molecule has 0 aliphatic rings. The molecule has 1 aromatic heterocycles. The Kier molecular flexibility index (Phi) is 2.77.